The molecule has 5 nitrogen and oxygen atoms in total. The van der Waals surface area contributed by atoms with Gasteiger partial charge in [0.15, 0.2) is 0 Å². The number of nitrogens with one attached hydrogen (secondary N) is 1. The first kappa shape index (κ1) is 17.0. The predicted molar refractivity (Wildman–Crippen MR) is 73.8 cm³/mol. The fourth-order valence-corrected chi connectivity index (χ4v) is 2.34. The monoisotopic (exact) mass is 328 g/mol. The van der Waals surface area contributed by atoms with Gasteiger partial charge in [0.25, 0.3) is 0 Å². The van der Waals surface area contributed by atoms with Crippen LogP contribution in [0.1, 0.15) is 30.9 Å². The molecule has 0 saturated carbocycles. The second-order valence-electron chi connectivity index (χ2n) is 5.25. The van der Waals surface area contributed by atoms with Gasteiger partial charge in [-0.25, -0.2) is 0 Å². The van der Waals surface area contributed by atoms with Crippen molar-refractivity contribution in [3.63, 3.8) is 0 Å². The summed E-state index contributed by atoms with van der Waals surface area (Å²) in [7, 11) is 0. The third kappa shape index (κ3) is 3.88. The number of imide groups is 1. The van der Waals surface area contributed by atoms with Crippen molar-refractivity contribution in [3.05, 3.63) is 35.4 Å². The van der Waals surface area contributed by atoms with Crippen LogP contribution in [0.2, 0.25) is 0 Å². The highest BCUT2D eigenvalue weighted by molar-refractivity contribution is 6.05. The summed E-state index contributed by atoms with van der Waals surface area (Å²) >= 11 is 0. The summed E-state index contributed by atoms with van der Waals surface area (Å²) in [5.41, 5.74) is -0.526. The quantitative estimate of drug-likeness (QED) is 0.858. The number of carbonyl (C=O) groups is 3. The van der Waals surface area contributed by atoms with Crippen LogP contribution in [0.4, 0.5) is 13.2 Å². The number of benzene rings is 1. The van der Waals surface area contributed by atoms with Gasteiger partial charge < -0.3 is 5.32 Å². The van der Waals surface area contributed by atoms with Gasteiger partial charge >= 0.3 is 6.18 Å². The number of hydrogen-bond donors (Lipinski definition) is 1. The van der Waals surface area contributed by atoms with Crippen LogP contribution in [0.5, 0.6) is 0 Å². The molecule has 0 radical (unpaired) electrons. The standard InChI is InChI=1S/C15H15F3N2O3/c1-9(20-12(21)5-6-13(20)22)14(23)19-8-10-3-2-4-11(7-10)15(16,17)18/h2-4,7,9H,5-6,8H2,1H3,(H,19,23). The summed E-state index contributed by atoms with van der Waals surface area (Å²) in [6.45, 7) is 1.28. The topological polar surface area (TPSA) is 66.5 Å². The minimum Gasteiger partial charge on any atom is -0.350 e. The summed E-state index contributed by atoms with van der Waals surface area (Å²) in [4.78, 5) is 36.0. The van der Waals surface area contributed by atoms with Crippen LogP contribution < -0.4 is 5.32 Å². The molecule has 1 aromatic carbocycles. The maximum atomic E-state index is 12.6. The molecule has 8 heteroatoms. The van der Waals surface area contributed by atoms with Gasteiger partial charge in [0.2, 0.25) is 17.7 Å². The lowest BCUT2D eigenvalue weighted by Crippen LogP contribution is -2.47. The fraction of sp³-hybridized carbons (Fsp3) is 0.400. The average molecular weight is 328 g/mol. The molecular formula is C15H15F3N2O3. The van der Waals surface area contributed by atoms with Crippen LogP contribution in [-0.4, -0.2) is 28.7 Å². The molecule has 1 aliphatic heterocycles. The molecule has 0 bridgehead atoms. The molecular weight excluding hydrogens is 313 g/mol. The third-order valence-corrected chi connectivity index (χ3v) is 3.58. The number of amides is 3. The van der Waals surface area contributed by atoms with Crippen molar-refractivity contribution in [3.8, 4) is 0 Å². The Morgan fingerprint density at radius 3 is 2.43 bits per heavy atom. The number of alkyl halides is 3. The van der Waals surface area contributed by atoms with Crippen LogP contribution >= 0.6 is 0 Å². The molecule has 1 heterocycles. The molecule has 1 aromatic rings. The number of nitrogens with zero attached hydrogens (tertiary/aromatic N) is 1. The largest absolute Gasteiger partial charge is 0.416 e. The lowest BCUT2D eigenvalue weighted by molar-refractivity contribution is -0.146. The van der Waals surface area contributed by atoms with E-state index >= 15 is 0 Å². The Morgan fingerprint density at radius 2 is 1.87 bits per heavy atom. The average Bonchev–Trinajstić information content (AvgIpc) is 2.82. The van der Waals surface area contributed by atoms with Gasteiger partial charge in [-0.05, 0) is 24.6 Å². The smallest absolute Gasteiger partial charge is 0.350 e. The van der Waals surface area contributed by atoms with Crippen LogP contribution in [-0.2, 0) is 27.1 Å². The van der Waals surface area contributed by atoms with Gasteiger partial charge in [-0.1, -0.05) is 12.1 Å². The van der Waals surface area contributed by atoms with E-state index in [1.54, 1.807) is 0 Å². The van der Waals surface area contributed by atoms with E-state index in [-0.39, 0.29) is 24.9 Å². The molecule has 2 rings (SSSR count). The molecule has 1 unspecified atom stereocenters. The van der Waals surface area contributed by atoms with E-state index < -0.39 is 35.5 Å². The lowest BCUT2D eigenvalue weighted by atomic mass is 10.1. The van der Waals surface area contributed by atoms with E-state index in [4.69, 9.17) is 0 Å². The third-order valence-electron chi connectivity index (χ3n) is 3.58. The van der Waals surface area contributed by atoms with E-state index in [1.165, 1.54) is 19.1 Å². The maximum absolute atomic E-state index is 12.6. The molecule has 3 amide bonds. The molecule has 0 aliphatic carbocycles. The number of hydrogen-bond acceptors (Lipinski definition) is 3. The van der Waals surface area contributed by atoms with Gasteiger partial charge in [0.1, 0.15) is 6.04 Å². The van der Waals surface area contributed by atoms with Crippen molar-refractivity contribution < 1.29 is 27.6 Å². The SMILES string of the molecule is CC(C(=O)NCc1cccc(C(F)(F)F)c1)N1C(=O)CCC1=O. The molecule has 1 fully saturated rings. The van der Waals surface area contributed by atoms with Crippen LogP contribution in [0, 0.1) is 0 Å². The van der Waals surface area contributed by atoms with E-state index in [2.05, 4.69) is 5.32 Å². The van der Waals surface area contributed by atoms with Gasteiger partial charge in [-0.15, -0.1) is 0 Å². The second kappa shape index (κ2) is 6.39. The number of rotatable bonds is 4. The predicted octanol–water partition coefficient (Wildman–Crippen LogP) is 1.86. The molecule has 1 saturated heterocycles. The van der Waals surface area contributed by atoms with Gasteiger partial charge in [-0.3, -0.25) is 19.3 Å². The van der Waals surface area contributed by atoms with E-state index in [0.29, 0.717) is 0 Å². The minimum atomic E-state index is -4.46. The zero-order valence-corrected chi connectivity index (χ0v) is 12.3. The Labute approximate surface area is 130 Å². The molecule has 23 heavy (non-hydrogen) atoms. The molecule has 1 N–H and O–H groups in total. The Kier molecular flexibility index (Phi) is 4.72. The van der Waals surface area contributed by atoms with Gasteiger partial charge in [-0.2, -0.15) is 13.2 Å². The second-order valence-corrected chi connectivity index (χ2v) is 5.25. The highest BCUT2D eigenvalue weighted by Crippen LogP contribution is 2.29. The lowest BCUT2D eigenvalue weighted by Gasteiger charge is -2.21. The summed E-state index contributed by atoms with van der Waals surface area (Å²) in [5.74, 6) is -1.43. The Hall–Kier alpha value is -2.38. The summed E-state index contributed by atoms with van der Waals surface area (Å²) in [6, 6.07) is 3.60. The number of likely N-dealkylation sites (tertiary alicyclic amines) is 1. The Bertz CT molecular complexity index is 627. The van der Waals surface area contributed by atoms with Crippen molar-refractivity contribution in [1.29, 1.82) is 0 Å². The van der Waals surface area contributed by atoms with Gasteiger partial charge in [0.05, 0.1) is 5.56 Å². The molecule has 1 atom stereocenters. The van der Waals surface area contributed by atoms with Crippen molar-refractivity contribution in [2.75, 3.05) is 0 Å². The molecule has 124 valence electrons. The summed E-state index contributed by atoms with van der Waals surface area (Å²) in [6.07, 6.45) is -4.31. The highest BCUT2D eigenvalue weighted by atomic mass is 19.4. The minimum absolute atomic E-state index is 0.0735. The number of halogens is 3. The van der Waals surface area contributed by atoms with Crippen molar-refractivity contribution in [1.82, 2.24) is 10.2 Å². The number of carbonyl (C=O) groups excluding carboxylic acids is 3. The maximum Gasteiger partial charge on any atom is 0.416 e. The molecule has 1 aliphatic rings. The van der Waals surface area contributed by atoms with Crippen molar-refractivity contribution >= 4 is 17.7 Å². The fourth-order valence-electron chi connectivity index (χ4n) is 2.34. The van der Waals surface area contributed by atoms with Crippen LogP contribution in [0.15, 0.2) is 24.3 Å². The first-order valence-corrected chi connectivity index (χ1v) is 6.99. The van der Waals surface area contributed by atoms with Crippen molar-refractivity contribution in [2.24, 2.45) is 0 Å². The highest BCUT2D eigenvalue weighted by Gasteiger charge is 2.36. The van der Waals surface area contributed by atoms with E-state index in [0.717, 1.165) is 17.0 Å². The Morgan fingerprint density at radius 1 is 1.26 bits per heavy atom. The molecule has 0 aromatic heterocycles. The molecule has 0 spiro atoms. The van der Waals surface area contributed by atoms with Crippen molar-refractivity contribution in [2.45, 2.75) is 38.5 Å². The first-order valence-electron chi connectivity index (χ1n) is 6.99. The van der Waals surface area contributed by atoms with Crippen LogP contribution in [0.3, 0.4) is 0 Å². The van der Waals surface area contributed by atoms with E-state index in [1.807, 2.05) is 0 Å². The Balaban J connectivity index is 1.99. The zero-order valence-electron chi connectivity index (χ0n) is 12.3. The normalized spacial score (nSPS) is 16.6. The van der Waals surface area contributed by atoms with Crippen LogP contribution in [0.25, 0.3) is 0 Å². The summed E-state index contributed by atoms with van der Waals surface area (Å²) < 4.78 is 37.8. The first-order chi connectivity index (χ1) is 10.7. The van der Waals surface area contributed by atoms with Gasteiger partial charge in [0, 0.05) is 19.4 Å². The summed E-state index contributed by atoms with van der Waals surface area (Å²) in [5, 5.41) is 2.44. The zero-order chi connectivity index (χ0) is 17.2. The van der Waals surface area contributed by atoms with E-state index in [9.17, 15) is 27.6 Å².